The van der Waals surface area contributed by atoms with Crippen LogP contribution in [0.3, 0.4) is 0 Å². The maximum absolute atomic E-state index is 11.7. The second kappa shape index (κ2) is 7.17. The Morgan fingerprint density at radius 3 is 2.47 bits per heavy atom. The predicted octanol–water partition coefficient (Wildman–Crippen LogP) is 3.59. The fourth-order valence-corrected chi connectivity index (χ4v) is 2.09. The zero-order valence-corrected chi connectivity index (χ0v) is 12.7. The highest BCUT2D eigenvalue weighted by Crippen LogP contribution is 2.21. The van der Waals surface area contributed by atoms with Gasteiger partial charge in [0.2, 0.25) is 0 Å². The van der Waals surface area contributed by atoms with Crippen LogP contribution < -0.4 is 10.6 Å². The molecule has 0 radical (unpaired) electrons. The van der Waals surface area contributed by atoms with Crippen molar-refractivity contribution < 1.29 is 4.79 Å². The SMILES string of the molecule is CNC(=O)c1cccc(NC(C)CCC(C)C)c1C. The first-order valence-corrected chi connectivity index (χ1v) is 7.04. The second-order valence-electron chi connectivity index (χ2n) is 5.57. The van der Waals surface area contributed by atoms with Gasteiger partial charge >= 0.3 is 0 Å². The number of hydrogen-bond acceptors (Lipinski definition) is 2. The number of hydrogen-bond donors (Lipinski definition) is 2. The molecule has 0 bridgehead atoms. The van der Waals surface area contributed by atoms with Gasteiger partial charge in [-0.1, -0.05) is 19.9 Å². The van der Waals surface area contributed by atoms with Crippen molar-refractivity contribution in [1.29, 1.82) is 0 Å². The quantitative estimate of drug-likeness (QED) is 0.822. The van der Waals surface area contributed by atoms with Crippen LogP contribution in [0.2, 0.25) is 0 Å². The molecule has 0 heterocycles. The lowest BCUT2D eigenvalue weighted by molar-refractivity contribution is 0.0962. The van der Waals surface area contributed by atoms with Gasteiger partial charge in [-0.2, -0.15) is 0 Å². The first kappa shape index (κ1) is 15.5. The maximum atomic E-state index is 11.7. The molecule has 0 aliphatic rings. The number of amides is 1. The molecule has 1 unspecified atom stereocenters. The average molecular weight is 262 g/mol. The number of benzene rings is 1. The highest BCUT2D eigenvalue weighted by molar-refractivity contribution is 5.96. The molecular weight excluding hydrogens is 236 g/mol. The van der Waals surface area contributed by atoms with Crippen LogP contribution in [0.4, 0.5) is 5.69 Å². The topological polar surface area (TPSA) is 41.1 Å². The summed E-state index contributed by atoms with van der Waals surface area (Å²) in [6, 6.07) is 6.24. The number of carbonyl (C=O) groups is 1. The van der Waals surface area contributed by atoms with Crippen LogP contribution >= 0.6 is 0 Å². The molecule has 0 aliphatic carbocycles. The lowest BCUT2D eigenvalue weighted by Gasteiger charge is -2.19. The number of anilines is 1. The molecule has 0 spiro atoms. The zero-order chi connectivity index (χ0) is 14.4. The van der Waals surface area contributed by atoms with E-state index >= 15 is 0 Å². The summed E-state index contributed by atoms with van der Waals surface area (Å²) in [4.78, 5) is 11.7. The van der Waals surface area contributed by atoms with Crippen LogP contribution in [-0.2, 0) is 0 Å². The molecule has 2 N–H and O–H groups in total. The van der Waals surface area contributed by atoms with E-state index in [4.69, 9.17) is 0 Å². The lowest BCUT2D eigenvalue weighted by atomic mass is 10.0. The highest BCUT2D eigenvalue weighted by Gasteiger charge is 2.11. The van der Waals surface area contributed by atoms with Gasteiger partial charge in [-0.25, -0.2) is 0 Å². The van der Waals surface area contributed by atoms with Crippen molar-refractivity contribution >= 4 is 11.6 Å². The molecule has 0 aromatic heterocycles. The number of rotatable bonds is 6. The Balaban J connectivity index is 2.76. The van der Waals surface area contributed by atoms with Crippen molar-refractivity contribution in [2.45, 2.75) is 46.6 Å². The summed E-state index contributed by atoms with van der Waals surface area (Å²) in [6.45, 7) is 8.66. The zero-order valence-electron chi connectivity index (χ0n) is 12.7. The van der Waals surface area contributed by atoms with Gasteiger partial charge in [-0.3, -0.25) is 4.79 Å². The molecule has 1 aromatic rings. The molecule has 0 saturated heterocycles. The third kappa shape index (κ3) is 4.58. The summed E-state index contributed by atoms with van der Waals surface area (Å²) >= 11 is 0. The van der Waals surface area contributed by atoms with E-state index in [9.17, 15) is 4.79 Å². The molecular formula is C16H26N2O. The van der Waals surface area contributed by atoms with Crippen LogP contribution in [0.1, 0.15) is 49.5 Å². The first-order valence-electron chi connectivity index (χ1n) is 7.04. The Morgan fingerprint density at radius 2 is 1.89 bits per heavy atom. The monoisotopic (exact) mass is 262 g/mol. The molecule has 1 aromatic carbocycles. The van der Waals surface area contributed by atoms with E-state index in [1.807, 2.05) is 25.1 Å². The van der Waals surface area contributed by atoms with E-state index in [2.05, 4.69) is 31.4 Å². The summed E-state index contributed by atoms with van der Waals surface area (Å²) in [5.41, 5.74) is 2.80. The summed E-state index contributed by atoms with van der Waals surface area (Å²) in [7, 11) is 1.66. The molecule has 3 heteroatoms. The molecule has 106 valence electrons. The van der Waals surface area contributed by atoms with Crippen molar-refractivity contribution in [3.05, 3.63) is 29.3 Å². The Morgan fingerprint density at radius 1 is 1.21 bits per heavy atom. The van der Waals surface area contributed by atoms with Crippen molar-refractivity contribution in [1.82, 2.24) is 5.32 Å². The van der Waals surface area contributed by atoms with Gasteiger partial charge in [0.05, 0.1) is 0 Å². The Bertz CT molecular complexity index is 427. The molecule has 1 rings (SSSR count). The molecule has 1 amide bonds. The van der Waals surface area contributed by atoms with E-state index in [-0.39, 0.29) is 5.91 Å². The fourth-order valence-electron chi connectivity index (χ4n) is 2.09. The predicted molar refractivity (Wildman–Crippen MR) is 81.7 cm³/mol. The normalized spacial score (nSPS) is 12.3. The minimum absolute atomic E-state index is 0.0315. The standard InChI is InChI=1S/C16H26N2O/c1-11(2)9-10-12(3)18-15-8-6-7-14(13(15)4)16(19)17-5/h6-8,11-12,18H,9-10H2,1-5H3,(H,17,19). The molecule has 0 aliphatic heterocycles. The maximum Gasteiger partial charge on any atom is 0.251 e. The molecule has 1 atom stereocenters. The van der Waals surface area contributed by atoms with E-state index < -0.39 is 0 Å². The van der Waals surface area contributed by atoms with Gasteiger partial charge in [-0.05, 0) is 50.3 Å². The van der Waals surface area contributed by atoms with E-state index in [0.29, 0.717) is 6.04 Å². The van der Waals surface area contributed by atoms with E-state index in [0.717, 1.165) is 29.2 Å². The van der Waals surface area contributed by atoms with Gasteiger partial charge in [-0.15, -0.1) is 0 Å². The van der Waals surface area contributed by atoms with Crippen LogP contribution in [0, 0.1) is 12.8 Å². The van der Waals surface area contributed by atoms with Crippen molar-refractivity contribution in [3.8, 4) is 0 Å². The van der Waals surface area contributed by atoms with Crippen LogP contribution in [0.25, 0.3) is 0 Å². The summed E-state index contributed by atoms with van der Waals surface area (Å²) in [6.07, 6.45) is 2.35. The summed E-state index contributed by atoms with van der Waals surface area (Å²) in [5.74, 6) is 0.693. The fraction of sp³-hybridized carbons (Fsp3) is 0.562. The summed E-state index contributed by atoms with van der Waals surface area (Å²) < 4.78 is 0. The smallest absolute Gasteiger partial charge is 0.251 e. The van der Waals surface area contributed by atoms with Crippen LogP contribution in [0.5, 0.6) is 0 Å². The minimum Gasteiger partial charge on any atom is -0.382 e. The van der Waals surface area contributed by atoms with Gasteiger partial charge in [0.25, 0.3) is 5.91 Å². The number of carbonyl (C=O) groups excluding carboxylic acids is 1. The molecule has 0 fully saturated rings. The third-order valence-electron chi connectivity index (χ3n) is 3.38. The Labute approximate surface area is 116 Å². The van der Waals surface area contributed by atoms with Crippen LogP contribution in [0.15, 0.2) is 18.2 Å². The molecule has 3 nitrogen and oxygen atoms in total. The van der Waals surface area contributed by atoms with Crippen molar-refractivity contribution in [2.24, 2.45) is 5.92 Å². The first-order chi connectivity index (χ1) is 8.95. The minimum atomic E-state index is -0.0315. The summed E-state index contributed by atoms with van der Waals surface area (Å²) in [5, 5.41) is 6.18. The average Bonchev–Trinajstić information content (AvgIpc) is 2.38. The third-order valence-corrected chi connectivity index (χ3v) is 3.38. The van der Waals surface area contributed by atoms with Gasteiger partial charge in [0, 0.05) is 24.3 Å². The van der Waals surface area contributed by atoms with Crippen LogP contribution in [-0.4, -0.2) is 19.0 Å². The van der Waals surface area contributed by atoms with Gasteiger partial charge < -0.3 is 10.6 Å². The lowest BCUT2D eigenvalue weighted by Crippen LogP contribution is -2.21. The van der Waals surface area contributed by atoms with Crippen molar-refractivity contribution in [3.63, 3.8) is 0 Å². The van der Waals surface area contributed by atoms with Gasteiger partial charge in [0.1, 0.15) is 0 Å². The Kier molecular flexibility index (Phi) is 5.87. The Hall–Kier alpha value is -1.51. The second-order valence-corrected chi connectivity index (χ2v) is 5.57. The van der Waals surface area contributed by atoms with E-state index in [1.54, 1.807) is 7.05 Å². The molecule has 0 saturated carbocycles. The largest absolute Gasteiger partial charge is 0.382 e. The van der Waals surface area contributed by atoms with Crippen molar-refractivity contribution in [2.75, 3.05) is 12.4 Å². The number of nitrogens with one attached hydrogen (secondary N) is 2. The molecule has 19 heavy (non-hydrogen) atoms. The van der Waals surface area contributed by atoms with E-state index in [1.165, 1.54) is 6.42 Å². The van der Waals surface area contributed by atoms with Gasteiger partial charge in [0.15, 0.2) is 0 Å². The highest BCUT2D eigenvalue weighted by atomic mass is 16.1.